The minimum Gasteiger partial charge on any atom is -0.326 e. The number of anilines is 1. The summed E-state index contributed by atoms with van der Waals surface area (Å²) >= 11 is 1.36. The van der Waals surface area contributed by atoms with Crippen molar-refractivity contribution >= 4 is 27.0 Å². The first-order chi connectivity index (χ1) is 8.53. The molecule has 7 heteroatoms. The van der Waals surface area contributed by atoms with E-state index in [0.29, 0.717) is 11.3 Å². The van der Waals surface area contributed by atoms with E-state index in [1.54, 1.807) is 16.8 Å². The normalized spacial score (nSPS) is 11.4. The van der Waals surface area contributed by atoms with Gasteiger partial charge in [-0.25, -0.2) is 12.8 Å². The molecule has 0 aliphatic rings. The van der Waals surface area contributed by atoms with Gasteiger partial charge in [-0.2, -0.15) is 11.3 Å². The highest BCUT2D eigenvalue weighted by Crippen LogP contribution is 2.21. The second-order valence-corrected chi connectivity index (χ2v) is 6.00. The van der Waals surface area contributed by atoms with Gasteiger partial charge in [0.05, 0.1) is 10.6 Å². The third kappa shape index (κ3) is 2.69. The lowest BCUT2D eigenvalue weighted by molar-refractivity contribution is 0.593. The second kappa shape index (κ2) is 5.05. The van der Waals surface area contributed by atoms with Crippen LogP contribution < -0.4 is 10.5 Å². The Morgan fingerprint density at radius 3 is 2.72 bits per heavy atom. The molecule has 3 N–H and O–H groups in total. The molecule has 2 rings (SSSR count). The number of rotatable bonds is 4. The third-order valence-electron chi connectivity index (χ3n) is 2.31. The van der Waals surface area contributed by atoms with Gasteiger partial charge in [0, 0.05) is 11.9 Å². The van der Waals surface area contributed by atoms with Crippen LogP contribution in [-0.2, 0) is 16.6 Å². The smallest absolute Gasteiger partial charge is 0.262 e. The Hall–Kier alpha value is -1.44. The molecule has 0 aliphatic heterocycles. The molecule has 0 radical (unpaired) electrons. The molecule has 2 aromatic rings. The third-order valence-corrected chi connectivity index (χ3v) is 4.46. The zero-order valence-electron chi connectivity index (χ0n) is 9.26. The Kier molecular flexibility index (Phi) is 3.65. The topological polar surface area (TPSA) is 72.2 Å². The van der Waals surface area contributed by atoms with Crippen LogP contribution in [0.5, 0.6) is 0 Å². The van der Waals surface area contributed by atoms with Crippen LogP contribution in [0, 0.1) is 5.82 Å². The van der Waals surface area contributed by atoms with E-state index in [1.807, 2.05) is 0 Å². The van der Waals surface area contributed by atoms with Gasteiger partial charge in [-0.15, -0.1) is 0 Å². The van der Waals surface area contributed by atoms with Crippen molar-refractivity contribution in [1.29, 1.82) is 0 Å². The molecule has 0 amide bonds. The predicted molar refractivity (Wildman–Crippen MR) is 69.4 cm³/mol. The lowest BCUT2D eigenvalue weighted by Gasteiger charge is -2.10. The van der Waals surface area contributed by atoms with Crippen LogP contribution in [0.2, 0.25) is 0 Å². The molecule has 0 fully saturated rings. The second-order valence-electron chi connectivity index (χ2n) is 3.57. The maximum atomic E-state index is 13.2. The van der Waals surface area contributed by atoms with Crippen LogP contribution in [0.1, 0.15) is 5.56 Å². The summed E-state index contributed by atoms with van der Waals surface area (Å²) in [6.45, 7) is 0.0279. The highest BCUT2D eigenvalue weighted by atomic mass is 32.2. The Morgan fingerprint density at radius 2 is 2.11 bits per heavy atom. The average molecular weight is 286 g/mol. The maximum Gasteiger partial charge on any atom is 0.262 e. The van der Waals surface area contributed by atoms with Crippen LogP contribution in [0.25, 0.3) is 0 Å². The Labute approximate surface area is 108 Å². The number of hydrogen-bond donors (Lipinski definition) is 2. The average Bonchev–Trinajstić information content (AvgIpc) is 2.81. The van der Waals surface area contributed by atoms with Gasteiger partial charge in [-0.05, 0) is 29.1 Å². The monoisotopic (exact) mass is 286 g/mol. The molecule has 0 saturated heterocycles. The zero-order chi connectivity index (χ0) is 13.2. The van der Waals surface area contributed by atoms with Crippen LogP contribution >= 0.6 is 11.3 Å². The summed E-state index contributed by atoms with van der Waals surface area (Å²) < 4.78 is 39.7. The van der Waals surface area contributed by atoms with Gasteiger partial charge in [0.25, 0.3) is 10.0 Å². The first-order valence-electron chi connectivity index (χ1n) is 5.06. The Bertz CT molecular complexity index is 639. The van der Waals surface area contributed by atoms with E-state index in [0.717, 1.165) is 6.07 Å². The summed E-state index contributed by atoms with van der Waals surface area (Å²) in [5, 5.41) is 3.40. The summed E-state index contributed by atoms with van der Waals surface area (Å²) in [5.41, 5.74) is 6.28. The van der Waals surface area contributed by atoms with Gasteiger partial charge >= 0.3 is 0 Å². The quantitative estimate of drug-likeness (QED) is 0.904. The number of sulfonamides is 1. The van der Waals surface area contributed by atoms with E-state index >= 15 is 0 Å². The van der Waals surface area contributed by atoms with E-state index in [-0.39, 0.29) is 11.4 Å². The lowest BCUT2D eigenvalue weighted by Crippen LogP contribution is -2.16. The summed E-state index contributed by atoms with van der Waals surface area (Å²) in [6, 6.07) is 5.16. The highest BCUT2D eigenvalue weighted by molar-refractivity contribution is 7.92. The number of halogens is 1. The molecule has 1 aromatic carbocycles. The number of nitrogens with one attached hydrogen (secondary N) is 1. The zero-order valence-corrected chi connectivity index (χ0v) is 10.9. The van der Waals surface area contributed by atoms with Gasteiger partial charge in [0.15, 0.2) is 0 Å². The van der Waals surface area contributed by atoms with Crippen molar-refractivity contribution < 1.29 is 12.8 Å². The van der Waals surface area contributed by atoms with Crippen LogP contribution in [-0.4, -0.2) is 8.42 Å². The standard InChI is InChI=1S/C11H11FN2O2S2/c12-9-2-1-8(6-13)11(5-9)18(15,16)14-10-3-4-17-7-10/h1-5,7,14H,6,13H2. The minimum atomic E-state index is -3.81. The summed E-state index contributed by atoms with van der Waals surface area (Å²) in [6.07, 6.45) is 0. The van der Waals surface area contributed by atoms with E-state index in [9.17, 15) is 12.8 Å². The molecule has 0 spiro atoms. The lowest BCUT2D eigenvalue weighted by atomic mass is 10.2. The van der Waals surface area contributed by atoms with Gasteiger partial charge in [-0.1, -0.05) is 6.07 Å². The number of thiophene rings is 1. The molecule has 1 heterocycles. The molecule has 0 aliphatic carbocycles. The molecule has 0 unspecified atom stereocenters. The van der Waals surface area contributed by atoms with Crippen molar-refractivity contribution in [2.24, 2.45) is 5.73 Å². The van der Waals surface area contributed by atoms with Crippen molar-refractivity contribution in [3.05, 3.63) is 46.4 Å². The van der Waals surface area contributed by atoms with Gasteiger partial charge in [0.1, 0.15) is 5.82 Å². The van der Waals surface area contributed by atoms with E-state index in [2.05, 4.69) is 4.72 Å². The Balaban J connectivity index is 2.43. The molecule has 1 aromatic heterocycles. The first-order valence-corrected chi connectivity index (χ1v) is 7.49. The molecule has 0 saturated carbocycles. The predicted octanol–water partition coefficient (Wildman–Crippen LogP) is 2.15. The molecular weight excluding hydrogens is 275 g/mol. The fourth-order valence-corrected chi connectivity index (χ4v) is 3.45. The fraction of sp³-hybridized carbons (Fsp3) is 0.0909. The van der Waals surface area contributed by atoms with Gasteiger partial charge < -0.3 is 5.73 Å². The van der Waals surface area contributed by atoms with Crippen molar-refractivity contribution in [1.82, 2.24) is 0 Å². The fourth-order valence-electron chi connectivity index (χ4n) is 1.48. The van der Waals surface area contributed by atoms with Crippen molar-refractivity contribution in [2.75, 3.05) is 4.72 Å². The van der Waals surface area contributed by atoms with E-state index < -0.39 is 15.8 Å². The minimum absolute atomic E-state index is 0.0279. The SMILES string of the molecule is NCc1ccc(F)cc1S(=O)(=O)Nc1ccsc1. The Morgan fingerprint density at radius 1 is 1.33 bits per heavy atom. The van der Waals surface area contributed by atoms with Gasteiger partial charge in [0.2, 0.25) is 0 Å². The van der Waals surface area contributed by atoms with Crippen LogP contribution in [0.3, 0.4) is 0 Å². The summed E-state index contributed by atoms with van der Waals surface area (Å²) in [5.74, 6) is -0.613. The van der Waals surface area contributed by atoms with Crippen molar-refractivity contribution in [3.8, 4) is 0 Å². The molecule has 18 heavy (non-hydrogen) atoms. The van der Waals surface area contributed by atoms with Crippen LogP contribution in [0.15, 0.2) is 39.9 Å². The number of hydrogen-bond acceptors (Lipinski definition) is 4. The molecule has 0 atom stereocenters. The number of nitrogens with two attached hydrogens (primary N) is 1. The van der Waals surface area contributed by atoms with Crippen LogP contribution in [0.4, 0.5) is 10.1 Å². The number of benzene rings is 1. The molecule has 4 nitrogen and oxygen atoms in total. The van der Waals surface area contributed by atoms with Gasteiger partial charge in [-0.3, -0.25) is 4.72 Å². The van der Waals surface area contributed by atoms with Crippen molar-refractivity contribution in [2.45, 2.75) is 11.4 Å². The summed E-state index contributed by atoms with van der Waals surface area (Å²) in [7, 11) is -3.81. The molecule has 0 bridgehead atoms. The van der Waals surface area contributed by atoms with E-state index in [1.165, 1.54) is 23.5 Å². The van der Waals surface area contributed by atoms with Crippen molar-refractivity contribution in [3.63, 3.8) is 0 Å². The molecular formula is C11H11FN2O2S2. The highest BCUT2D eigenvalue weighted by Gasteiger charge is 2.19. The largest absolute Gasteiger partial charge is 0.326 e. The maximum absolute atomic E-state index is 13.2. The van der Waals surface area contributed by atoms with E-state index in [4.69, 9.17) is 5.73 Å². The molecule has 96 valence electrons. The first kappa shape index (κ1) is 13.0. The summed E-state index contributed by atoms with van der Waals surface area (Å²) in [4.78, 5) is -0.129.